The van der Waals surface area contributed by atoms with Crippen LogP contribution in [0, 0.1) is 5.92 Å². The molecule has 1 aromatic carbocycles. The van der Waals surface area contributed by atoms with E-state index in [0.29, 0.717) is 12.5 Å². The van der Waals surface area contributed by atoms with Gasteiger partial charge in [0.15, 0.2) is 11.5 Å². The fourth-order valence-electron chi connectivity index (χ4n) is 4.74. The van der Waals surface area contributed by atoms with Crippen LogP contribution in [-0.2, 0) is 16.1 Å². The Morgan fingerprint density at radius 1 is 1.09 bits per heavy atom. The van der Waals surface area contributed by atoms with Crippen LogP contribution in [-0.4, -0.2) is 49.8 Å². The summed E-state index contributed by atoms with van der Waals surface area (Å²) in [7, 11) is 3.40. The maximum absolute atomic E-state index is 12.0. The van der Waals surface area contributed by atoms with Crippen molar-refractivity contribution in [3.63, 3.8) is 0 Å². The van der Waals surface area contributed by atoms with Gasteiger partial charge in [-0.2, -0.15) is 0 Å². The molecule has 1 aliphatic heterocycles. The number of aromatic nitrogens is 1. The standard InChI is InChI=1S/C26H34N2O4/c1-4-32-26(29)20-9-12-28(13-10-20)17-18-8-11-27-23(14-18)21-15-22(19-6-5-7-19)25(31-3)24(16-21)30-2/h8,11,14-16,19-20H,4-7,9-10,12-13,17H2,1-3H3. The molecule has 1 aliphatic carbocycles. The first-order chi connectivity index (χ1) is 15.6. The molecule has 0 radical (unpaired) electrons. The number of piperidine rings is 1. The Bertz CT molecular complexity index is 933. The van der Waals surface area contributed by atoms with Gasteiger partial charge in [-0.05, 0) is 81.4 Å². The molecule has 2 heterocycles. The van der Waals surface area contributed by atoms with E-state index in [1.165, 1.54) is 30.4 Å². The van der Waals surface area contributed by atoms with Crippen molar-refractivity contribution in [3.8, 4) is 22.8 Å². The summed E-state index contributed by atoms with van der Waals surface area (Å²) in [6.07, 6.45) is 7.25. The second-order valence-corrected chi connectivity index (χ2v) is 8.78. The van der Waals surface area contributed by atoms with Gasteiger partial charge in [-0.15, -0.1) is 0 Å². The zero-order valence-electron chi connectivity index (χ0n) is 19.4. The van der Waals surface area contributed by atoms with Gasteiger partial charge < -0.3 is 14.2 Å². The molecule has 4 rings (SSSR count). The molecule has 0 amide bonds. The van der Waals surface area contributed by atoms with Gasteiger partial charge in [-0.25, -0.2) is 0 Å². The van der Waals surface area contributed by atoms with Gasteiger partial charge in [0.05, 0.1) is 32.4 Å². The Kier molecular flexibility index (Phi) is 7.30. The van der Waals surface area contributed by atoms with Crippen molar-refractivity contribution in [1.29, 1.82) is 0 Å². The summed E-state index contributed by atoms with van der Waals surface area (Å²) in [5.74, 6) is 2.13. The first-order valence-electron chi connectivity index (χ1n) is 11.7. The number of carbonyl (C=O) groups is 1. The second kappa shape index (κ2) is 10.3. The van der Waals surface area contributed by atoms with Crippen molar-refractivity contribution in [2.45, 2.75) is 51.5 Å². The van der Waals surface area contributed by atoms with Crippen LogP contribution < -0.4 is 9.47 Å². The Hall–Kier alpha value is -2.60. The normalized spacial score (nSPS) is 17.6. The number of esters is 1. The first-order valence-corrected chi connectivity index (χ1v) is 11.7. The zero-order chi connectivity index (χ0) is 22.5. The highest BCUT2D eigenvalue weighted by molar-refractivity contribution is 5.72. The van der Waals surface area contributed by atoms with Crippen LogP contribution in [0.4, 0.5) is 0 Å². The molecule has 0 spiro atoms. The quantitative estimate of drug-likeness (QED) is 0.552. The second-order valence-electron chi connectivity index (χ2n) is 8.78. The average molecular weight is 439 g/mol. The number of nitrogens with zero attached hydrogens (tertiary/aromatic N) is 2. The van der Waals surface area contributed by atoms with Gasteiger partial charge in [-0.1, -0.05) is 6.42 Å². The molecule has 2 fully saturated rings. The third-order valence-electron chi connectivity index (χ3n) is 6.79. The molecule has 1 saturated carbocycles. The van der Waals surface area contributed by atoms with Gasteiger partial charge in [0.1, 0.15) is 0 Å². The molecular formula is C26H34N2O4. The van der Waals surface area contributed by atoms with Crippen LogP contribution in [0.2, 0.25) is 0 Å². The van der Waals surface area contributed by atoms with Crippen LogP contribution >= 0.6 is 0 Å². The highest BCUT2D eigenvalue weighted by Gasteiger charge is 2.27. The molecule has 32 heavy (non-hydrogen) atoms. The van der Waals surface area contributed by atoms with Gasteiger partial charge >= 0.3 is 5.97 Å². The lowest BCUT2D eigenvalue weighted by Gasteiger charge is -2.30. The molecule has 0 unspecified atom stereocenters. The highest BCUT2D eigenvalue weighted by Crippen LogP contribution is 2.46. The number of rotatable bonds is 8. The molecule has 0 N–H and O–H groups in total. The number of ether oxygens (including phenoxy) is 3. The van der Waals surface area contributed by atoms with Crippen molar-refractivity contribution in [3.05, 3.63) is 41.6 Å². The van der Waals surface area contributed by atoms with Crippen molar-refractivity contribution >= 4 is 5.97 Å². The molecule has 0 atom stereocenters. The Balaban J connectivity index is 1.49. The van der Waals surface area contributed by atoms with E-state index < -0.39 is 0 Å². The number of methoxy groups -OCH3 is 2. The van der Waals surface area contributed by atoms with Crippen LogP contribution in [0.3, 0.4) is 0 Å². The van der Waals surface area contributed by atoms with Crippen molar-refractivity contribution in [1.82, 2.24) is 9.88 Å². The molecule has 6 heteroatoms. The van der Waals surface area contributed by atoms with E-state index in [1.54, 1.807) is 14.2 Å². The maximum Gasteiger partial charge on any atom is 0.309 e. The molecule has 1 saturated heterocycles. The lowest BCUT2D eigenvalue weighted by molar-refractivity contribution is -0.149. The van der Waals surface area contributed by atoms with E-state index in [4.69, 9.17) is 14.2 Å². The summed E-state index contributed by atoms with van der Waals surface area (Å²) in [5, 5.41) is 0. The minimum Gasteiger partial charge on any atom is -0.493 e. The summed E-state index contributed by atoms with van der Waals surface area (Å²) in [6.45, 7) is 4.99. The fourth-order valence-corrected chi connectivity index (χ4v) is 4.74. The number of hydrogen-bond acceptors (Lipinski definition) is 6. The summed E-state index contributed by atoms with van der Waals surface area (Å²) in [6, 6.07) is 8.50. The van der Waals surface area contributed by atoms with E-state index >= 15 is 0 Å². The average Bonchev–Trinajstić information content (AvgIpc) is 2.78. The minimum atomic E-state index is -0.0472. The predicted molar refractivity (Wildman–Crippen MR) is 124 cm³/mol. The molecule has 2 aromatic rings. The van der Waals surface area contributed by atoms with E-state index in [2.05, 4.69) is 28.1 Å². The third-order valence-corrected chi connectivity index (χ3v) is 6.79. The van der Waals surface area contributed by atoms with E-state index in [0.717, 1.165) is 55.2 Å². The van der Waals surface area contributed by atoms with Gasteiger partial charge in [0, 0.05) is 23.9 Å². The predicted octanol–water partition coefficient (Wildman–Crippen LogP) is 4.81. The van der Waals surface area contributed by atoms with E-state index in [-0.39, 0.29) is 11.9 Å². The minimum absolute atomic E-state index is 0.0379. The number of carbonyl (C=O) groups excluding carboxylic acids is 1. The van der Waals surface area contributed by atoms with Gasteiger partial charge in [-0.3, -0.25) is 14.7 Å². The Morgan fingerprint density at radius 2 is 1.88 bits per heavy atom. The summed E-state index contributed by atoms with van der Waals surface area (Å²) in [5.41, 5.74) is 4.46. The first kappa shape index (κ1) is 22.6. The molecule has 0 bridgehead atoms. The number of likely N-dealkylation sites (tertiary alicyclic amines) is 1. The molecular weight excluding hydrogens is 404 g/mol. The number of pyridine rings is 1. The molecule has 2 aliphatic rings. The Morgan fingerprint density at radius 3 is 2.50 bits per heavy atom. The number of benzene rings is 1. The van der Waals surface area contributed by atoms with Crippen LogP contribution in [0.25, 0.3) is 11.3 Å². The third kappa shape index (κ3) is 4.90. The summed E-state index contributed by atoms with van der Waals surface area (Å²) in [4.78, 5) is 19.1. The van der Waals surface area contributed by atoms with Crippen molar-refractivity contribution < 1.29 is 19.0 Å². The lowest BCUT2D eigenvalue weighted by atomic mass is 9.79. The van der Waals surface area contributed by atoms with Crippen LogP contribution in [0.15, 0.2) is 30.5 Å². The van der Waals surface area contributed by atoms with Crippen LogP contribution in [0.1, 0.15) is 56.1 Å². The molecule has 1 aromatic heterocycles. The number of hydrogen-bond donors (Lipinski definition) is 0. The van der Waals surface area contributed by atoms with Crippen molar-refractivity contribution in [2.24, 2.45) is 5.92 Å². The summed E-state index contributed by atoms with van der Waals surface area (Å²) < 4.78 is 16.5. The lowest BCUT2D eigenvalue weighted by Crippen LogP contribution is -2.36. The largest absolute Gasteiger partial charge is 0.493 e. The topological polar surface area (TPSA) is 60.9 Å². The van der Waals surface area contributed by atoms with E-state index in [1.807, 2.05) is 19.2 Å². The smallest absolute Gasteiger partial charge is 0.309 e. The summed E-state index contributed by atoms with van der Waals surface area (Å²) >= 11 is 0. The highest BCUT2D eigenvalue weighted by atomic mass is 16.5. The Labute approximate surface area is 190 Å². The zero-order valence-corrected chi connectivity index (χ0v) is 19.4. The van der Waals surface area contributed by atoms with Crippen LogP contribution in [0.5, 0.6) is 11.5 Å². The molecule has 172 valence electrons. The van der Waals surface area contributed by atoms with Crippen molar-refractivity contribution in [2.75, 3.05) is 33.9 Å². The SMILES string of the molecule is CCOC(=O)C1CCN(Cc2ccnc(-c3cc(OC)c(OC)c(C4CCC4)c3)c2)CC1. The van der Waals surface area contributed by atoms with E-state index in [9.17, 15) is 4.79 Å². The van der Waals surface area contributed by atoms with Gasteiger partial charge in [0.25, 0.3) is 0 Å². The fraction of sp³-hybridized carbons (Fsp3) is 0.538. The monoisotopic (exact) mass is 438 g/mol. The van der Waals surface area contributed by atoms with Gasteiger partial charge in [0.2, 0.25) is 0 Å². The molecule has 6 nitrogen and oxygen atoms in total. The maximum atomic E-state index is 12.0.